The molecule has 0 aliphatic heterocycles. The molecule has 1 rings (SSSR count). The molecule has 0 aromatic heterocycles. The van der Waals surface area contributed by atoms with Crippen LogP contribution in [0.25, 0.3) is 0 Å². The fourth-order valence-corrected chi connectivity index (χ4v) is 2.76. The molecule has 0 spiro atoms. The molecule has 1 aromatic rings. The maximum Gasteiger partial charge on any atom is 0.0589 e. The third-order valence-electron chi connectivity index (χ3n) is 3.87. The summed E-state index contributed by atoms with van der Waals surface area (Å²) in [4.78, 5) is 2.47. The van der Waals surface area contributed by atoms with Gasteiger partial charge in [0.05, 0.1) is 6.61 Å². The highest BCUT2D eigenvalue weighted by Gasteiger charge is 2.30. The van der Waals surface area contributed by atoms with Crippen LogP contribution in [0.2, 0.25) is 0 Å². The van der Waals surface area contributed by atoms with Gasteiger partial charge in [-0.3, -0.25) is 0 Å². The monoisotopic (exact) mass is 292 g/mol. The Morgan fingerprint density at radius 2 is 1.81 bits per heavy atom. The predicted molar refractivity (Wildman–Crippen MR) is 90.3 cm³/mol. The van der Waals surface area contributed by atoms with Crippen LogP contribution in [0.3, 0.4) is 0 Å². The standard InChI is InChI=1S/C18H32N2O/c1-15(2)13-20(11-12-21-5)14-18(3,4)17(19)16-9-7-6-8-10-16/h6-10,15,17H,11-14,19H2,1-5H3. The number of nitrogens with zero attached hydrogens (tertiary/aromatic N) is 1. The minimum absolute atomic E-state index is 0.0178. The SMILES string of the molecule is COCCN(CC(C)C)CC(C)(C)C(N)c1ccccc1. The molecule has 21 heavy (non-hydrogen) atoms. The third kappa shape index (κ3) is 6.16. The van der Waals surface area contributed by atoms with Crippen molar-refractivity contribution in [3.8, 4) is 0 Å². The summed E-state index contributed by atoms with van der Waals surface area (Å²) < 4.78 is 5.24. The Hall–Kier alpha value is -0.900. The fourth-order valence-electron chi connectivity index (χ4n) is 2.76. The van der Waals surface area contributed by atoms with E-state index in [1.54, 1.807) is 7.11 Å². The van der Waals surface area contributed by atoms with Gasteiger partial charge in [0, 0.05) is 32.8 Å². The summed E-state index contributed by atoms with van der Waals surface area (Å²) in [6, 6.07) is 10.4. The van der Waals surface area contributed by atoms with Crippen LogP contribution in [0.5, 0.6) is 0 Å². The molecule has 0 saturated carbocycles. The van der Waals surface area contributed by atoms with Crippen molar-refractivity contribution in [2.75, 3.05) is 33.4 Å². The Morgan fingerprint density at radius 1 is 1.19 bits per heavy atom. The number of rotatable bonds is 9. The third-order valence-corrected chi connectivity index (χ3v) is 3.87. The lowest BCUT2D eigenvalue weighted by atomic mass is 9.80. The summed E-state index contributed by atoms with van der Waals surface area (Å²) in [5.41, 5.74) is 7.75. The first-order chi connectivity index (χ1) is 9.86. The van der Waals surface area contributed by atoms with Crippen molar-refractivity contribution < 1.29 is 4.74 Å². The Bertz CT molecular complexity index is 389. The number of hydrogen-bond donors (Lipinski definition) is 1. The summed E-state index contributed by atoms with van der Waals surface area (Å²) >= 11 is 0. The van der Waals surface area contributed by atoms with Gasteiger partial charge in [-0.25, -0.2) is 0 Å². The van der Waals surface area contributed by atoms with Gasteiger partial charge in [-0.05, 0) is 16.9 Å². The van der Waals surface area contributed by atoms with Crippen molar-refractivity contribution >= 4 is 0 Å². The molecule has 3 heteroatoms. The molecule has 0 amide bonds. The lowest BCUT2D eigenvalue weighted by Gasteiger charge is -2.38. The lowest BCUT2D eigenvalue weighted by molar-refractivity contribution is 0.0986. The van der Waals surface area contributed by atoms with E-state index in [-0.39, 0.29) is 11.5 Å². The smallest absolute Gasteiger partial charge is 0.0589 e. The molecule has 1 atom stereocenters. The summed E-state index contributed by atoms with van der Waals surface area (Å²) in [7, 11) is 1.76. The molecule has 0 radical (unpaired) electrons. The first kappa shape index (κ1) is 18.1. The predicted octanol–water partition coefficient (Wildman–Crippen LogP) is 3.32. The first-order valence-electron chi connectivity index (χ1n) is 7.88. The maximum absolute atomic E-state index is 6.52. The van der Waals surface area contributed by atoms with Crippen LogP contribution in [0, 0.1) is 11.3 Å². The lowest BCUT2D eigenvalue weighted by Crippen LogP contribution is -2.43. The average Bonchev–Trinajstić information content (AvgIpc) is 2.44. The molecule has 0 bridgehead atoms. The van der Waals surface area contributed by atoms with Gasteiger partial charge < -0.3 is 15.4 Å². The van der Waals surface area contributed by atoms with Crippen LogP contribution in [-0.4, -0.2) is 38.3 Å². The molecule has 1 unspecified atom stereocenters. The van der Waals surface area contributed by atoms with Gasteiger partial charge in [-0.15, -0.1) is 0 Å². The summed E-state index contributed by atoms with van der Waals surface area (Å²) in [6.45, 7) is 12.8. The molecular formula is C18H32N2O. The van der Waals surface area contributed by atoms with Crippen molar-refractivity contribution in [3.63, 3.8) is 0 Å². The van der Waals surface area contributed by atoms with Crippen molar-refractivity contribution in [1.29, 1.82) is 0 Å². The molecule has 0 fully saturated rings. The van der Waals surface area contributed by atoms with E-state index < -0.39 is 0 Å². The summed E-state index contributed by atoms with van der Waals surface area (Å²) in [6.07, 6.45) is 0. The molecule has 1 aromatic carbocycles. The maximum atomic E-state index is 6.52. The van der Waals surface area contributed by atoms with E-state index in [9.17, 15) is 0 Å². The average molecular weight is 292 g/mol. The molecule has 120 valence electrons. The highest BCUT2D eigenvalue weighted by Crippen LogP contribution is 2.32. The molecule has 0 saturated heterocycles. The van der Waals surface area contributed by atoms with Gasteiger partial charge in [0.1, 0.15) is 0 Å². The van der Waals surface area contributed by atoms with Crippen LogP contribution in [0.15, 0.2) is 30.3 Å². The van der Waals surface area contributed by atoms with Crippen LogP contribution >= 0.6 is 0 Å². The molecular weight excluding hydrogens is 260 g/mol. The number of hydrogen-bond acceptors (Lipinski definition) is 3. The van der Waals surface area contributed by atoms with Crippen LogP contribution in [-0.2, 0) is 4.74 Å². The van der Waals surface area contributed by atoms with Gasteiger partial charge in [-0.1, -0.05) is 58.0 Å². The van der Waals surface area contributed by atoms with Gasteiger partial charge in [-0.2, -0.15) is 0 Å². The molecule has 2 N–H and O–H groups in total. The Labute approximate surface area is 130 Å². The van der Waals surface area contributed by atoms with E-state index in [1.807, 2.05) is 6.07 Å². The largest absolute Gasteiger partial charge is 0.383 e. The van der Waals surface area contributed by atoms with Crippen molar-refractivity contribution in [1.82, 2.24) is 4.90 Å². The fraction of sp³-hybridized carbons (Fsp3) is 0.667. The Morgan fingerprint density at radius 3 is 2.33 bits per heavy atom. The van der Waals surface area contributed by atoms with E-state index in [4.69, 9.17) is 10.5 Å². The number of ether oxygens (including phenoxy) is 1. The Kier molecular flexibility index (Phi) is 7.36. The molecule has 0 aliphatic rings. The highest BCUT2D eigenvalue weighted by molar-refractivity contribution is 5.20. The minimum Gasteiger partial charge on any atom is -0.383 e. The van der Waals surface area contributed by atoms with Crippen molar-refractivity contribution in [2.24, 2.45) is 17.1 Å². The van der Waals surface area contributed by atoms with E-state index in [0.29, 0.717) is 5.92 Å². The second kappa shape index (κ2) is 8.52. The second-order valence-electron chi connectivity index (χ2n) is 7.00. The van der Waals surface area contributed by atoms with Crippen LogP contribution < -0.4 is 5.73 Å². The van der Waals surface area contributed by atoms with Gasteiger partial charge in [0.15, 0.2) is 0 Å². The topological polar surface area (TPSA) is 38.5 Å². The molecule has 3 nitrogen and oxygen atoms in total. The minimum atomic E-state index is 0.0178. The number of benzene rings is 1. The van der Waals surface area contributed by atoms with E-state index in [2.05, 4.69) is 56.9 Å². The van der Waals surface area contributed by atoms with Crippen molar-refractivity contribution in [2.45, 2.75) is 33.7 Å². The van der Waals surface area contributed by atoms with E-state index in [1.165, 1.54) is 5.56 Å². The van der Waals surface area contributed by atoms with Gasteiger partial charge in [0.25, 0.3) is 0 Å². The van der Waals surface area contributed by atoms with Gasteiger partial charge in [0.2, 0.25) is 0 Å². The zero-order chi connectivity index (χ0) is 15.9. The summed E-state index contributed by atoms with van der Waals surface area (Å²) in [5, 5.41) is 0. The normalized spacial score (nSPS) is 13.9. The zero-order valence-electron chi connectivity index (χ0n) is 14.3. The van der Waals surface area contributed by atoms with Gasteiger partial charge >= 0.3 is 0 Å². The molecule has 0 aliphatic carbocycles. The van der Waals surface area contributed by atoms with E-state index in [0.717, 1.165) is 26.2 Å². The Balaban J connectivity index is 2.74. The van der Waals surface area contributed by atoms with Crippen LogP contribution in [0.4, 0.5) is 0 Å². The van der Waals surface area contributed by atoms with Crippen molar-refractivity contribution in [3.05, 3.63) is 35.9 Å². The zero-order valence-corrected chi connectivity index (χ0v) is 14.3. The van der Waals surface area contributed by atoms with Crippen LogP contribution in [0.1, 0.15) is 39.3 Å². The number of nitrogens with two attached hydrogens (primary N) is 1. The first-order valence-corrected chi connectivity index (χ1v) is 7.88. The van der Waals surface area contributed by atoms with E-state index >= 15 is 0 Å². The highest BCUT2D eigenvalue weighted by atomic mass is 16.5. The molecule has 0 heterocycles. The second-order valence-corrected chi connectivity index (χ2v) is 7.00. The number of methoxy groups -OCH3 is 1. The quantitative estimate of drug-likeness (QED) is 0.759. The summed E-state index contributed by atoms with van der Waals surface area (Å²) in [5.74, 6) is 0.644.